The summed E-state index contributed by atoms with van der Waals surface area (Å²) in [4.78, 5) is 23.2. The zero-order valence-electron chi connectivity index (χ0n) is 18.6. The summed E-state index contributed by atoms with van der Waals surface area (Å²) in [7, 11) is 1.72. The van der Waals surface area contributed by atoms with E-state index in [0.717, 1.165) is 17.7 Å². The molecule has 0 atom stereocenters. The summed E-state index contributed by atoms with van der Waals surface area (Å²) in [5.41, 5.74) is 5.45. The van der Waals surface area contributed by atoms with E-state index in [4.69, 9.17) is 4.42 Å². The molecule has 0 saturated heterocycles. The summed E-state index contributed by atoms with van der Waals surface area (Å²) in [6, 6.07) is 16.3. The predicted octanol–water partition coefficient (Wildman–Crippen LogP) is 3.64. The lowest BCUT2D eigenvalue weighted by molar-refractivity contribution is -0.131. The minimum atomic E-state index is 0.192. The number of hydrogen-bond donors (Lipinski definition) is 2. The number of guanidine groups is 1. The van der Waals surface area contributed by atoms with Gasteiger partial charge in [-0.25, -0.2) is 4.98 Å². The number of carbonyl (C=O) groups excluding carboxylic acids is 1. The minimum Gasteiger partial charge on any atom is -0.444 e. The number of fused-ring (bicyclic) bond motifs is 1. The van der Waals surface area contributed by atoms with Gasteiger partial charge in [-0.1, -0.05) is 42.0 Å². The van der Waals surface area contributed by atoms with Crippen molar-refractivity contribution < 1.29 is 9.21 Å². The van der Waals surface area contributed by atoms with Crippen molar-refractivity contribution in [2.45, 2.75) is 39.4 Å². The number of carbonyl (C=O) groups is 1. The first-order chi connectivity index (χ1) is 15.6. The van der Waals surface area contributed by atoms with Crippen LogP contribution in [0.1, 0.15) is 35.2 Å². The summed E-state index contributed by atoms with van der Waals surface area (Å²) in [5.74, 6) is 1.47. The standard InChI is InChI=1S/C25H29N5O2/c1-18-9-11-19(12-10-18)24-29-22(17-32-24)14-28-25(26-2)27-13-5-8-23(31)30-15-20-6-3-4-7-21(20)16-30/h3-4,6-7,9-12,17H,5,8,13-16H2,1-2H3,(H2,26,27,28). The Morgan fingerprint density at radius 1 is 1.09 bits per heavy atom. The molecule has 1 aliphatic rings. The molecule has 0 saturated carbocycles. The van der Waals surface area contributed by atoms with Crippen LogP contribution in [0.25, 0.3) is 11.5 Å². The highest BCUT2D eigenvalue weighted by Crippen LogP contribution is 2.23. The highest BCUT2D eigenvalue weighted by atomic mass is 16.3. The van der Waals surface area contributed by atoms with Gasteiger partial charge < -0.3 is 20.0 Å². The molecule has 2 aromatic carbocycles. The van der Waals surface area contributed by atoms with Gasteiger partial charge >= 0.3 is 0 Å². The van der Waals surface area contributed by atoms with Crippen LogP contribution in [0.4, 0.5) is 0 Å². The predicted molar refractivity (Wildman–Crippen MR) is 125 cm³/mol. The number of rotatable bonds is 7. The van der Waals surface area contributed by atoms with E-state index >= 15 is 0 Å². The molecule has 1 amide bonds. The number of hydrogen-bond acceptors (Lipinski definition) is 4. The number of aliphatic imine (C=N–C) groups is 1. The Bertz CT molecular complexity index is 1060. The molecule has 32 heavy (non-hydrogen) atoms. The molecule has 2 heterocycles. The SMILES string of the molecule is CN=C(NCCCC(=O)N1Cc2ccccc2C1)NCc1coc(-c2ccc(C)cc2)n1. The van der Waals surface area contributed by atoms with Crippen LogP contribution in [0.15, 0.2) is 64.2 Å². The van der Waals surface area contributed by atoms with Gasteiger partial charge in [0.1, 0.15) is 6.26 Å². The van der Waals surface area contributed by atoms with Crippen molar-refractivity contribution in [3.05, 3.63) is 77.2 Å². The van der Waals surface area contributed by atoms with Crippen LogP contribution in [0.3, 0.4) is 0 Å². The maximum absolute atomic E-state index is 12.5. The van der Waals surface area contributed by atoms with Crippen LogP contribution in [-0.4, -0.2) is 35.3 Å². The maximum atomic E-state index is 12.5. The van der Waals surface area contributed by atoms with Gasteiger partial charge in [-0.15, -0.1) is 0 Å². The van der Waals surface area contributed by atoms with Crippen molar-refractivity contribution >= 4 is 11.9 Å². The van der Waals surface area contributed by atoms with Crippen molar-refractivity contribution in [2.75, 3.05) is 13.6 Å². The third kappa shape index (κ3) is 5.35. The average Bonchev–Trinajstić information content (AvgIpc) is 3.46. The molecule has 166 valence electrons. The third-order valence-corrected chi connectivity index (χ3v) is 5.56. The number of nitrogens with zero attached hydrogens (tertiary/aromatic N) is 3. The molecule has 2 N–H and O–H groups in total. The van der Waals surface area contributed by atoms with Crippen molar-refractivity contribution in [3.8, 4) is 11.5 Å². The zero-order chi connectivity index (χ0) is 22.3. The fourth-order valence-electron chi connectivity index (χ4n) is 3.73. The van der Waals surface area contributed by atoms with E-state index in [2.05, 4.69) is 39.7 Å². The minimum absolute atomic E-state index is 0.192. The Hall–Kier alpha value is -3.61. The quantitative estimate of drug-likeness (QED) is 0.339. The van der Waals surface area contributed by atoms with E-state index in [1.54, 1.807) is 13.3 Å². The van der Waals surface area contributed by atoms with Crippen molar-refractivity contribution in [1.82, 2.24) is 20.5 Å². The van der Waals surface area contributed by atoms with Gasteiger partial charge in [0.05, 0.1) is 12.2 Å². The number of amides is 1. The fraction of sp³-hybridized carbons (Fsp3) is 0.320. The van der Waals surface area contributed by atoms with Crippen LogP contribution >= 0.6 is 0 Å². The van der Waals surface area contributed by atoms with Crippen molar-refractivity contribution in [2.24, 2.45) is 4.99 Å². The van der Waals surface area contributed by atoms with Gasteiger partial charge in [-0.2, -0.15) is 0 Å². The molecule has 0 spiro atoms. The summed E-state index contributed by atoms with van der Waals surface area (Å²) in [5, 5.41) is 6.49. The third-order valence-electron chi connectivity index (χ3n) is 5.56. The Morgan fingerprint density at radius 2 is 1.81 bits per heavy atom. The van der Waals surface area contributed by atoms with Gasteiger partial charge in [0.15, 0.2) is 5.96 Å². The maximum Gasteiger partial charge on any atom is 0.226 e. The van der Waals surface area contributed by atoms with Crippen LogP contribution in [0.2, 0.25) is 0 Å². The Kier molecular flexibility index (Phi) is 6.84. The van der Waals surface area contributed by atoms with E-state index in [9.17, 15) is 4.79 Å². The van der Waals surface area contributed by atoms with Gasteiger partial charge in [0.2, 0.25) is 11.8 Å². The van der Waals surface area contributed by atoms with Crippen LogP contribution in [0.5, 0.6) is 0 Å². The first-order valence-corrected chi connectivity index (χ1v) is 10.9. The first kappa shape index (κ1) is 21.6. The Labute approximate surface area is 188 Å². The number of oxazole rings is 1. The molecule has 3 aromatic rings. The second kappa shape index (κ2) is 10.1. The second-order valence-electron chi connectivity index (χ2n) is 7.98. The number of aryl methyl sites for hydroxylation is 1. The van der Waals surface area contributed by atoms with Crippen molar-refractivity contribution in [1.29, 1.82) is 0 Å². The molecule has 4 rings (SSSR count). The molecular weight excluding hydrogens is 402 g/mol. The molecule has 0 bridgehead atoms. The molecule has 0 aliphatic carbocycles. The summed E-state index contributed by atoms with van der Waals surface area (Å²) < 4.78 is 5.60. The number of nitrogens with one attached hydrogen (secondary N) is 2. The van der Waals surface area contributed by atoms with E-state index in [-0.39, 0.29) is 5.91 Å². The zero-order valence-corrected chi connectivity index (χ0v) is 18.6. The highest BCUT2D eigenvalue weighted by Gasteiger charge is 2.22. The molecule has 0 radical (unpaired) electrons. The molecule has 0 unspecified atom stereocenters. The van der Waals surface area contributed by atoms with E-state index in [1.807, 2.05) is 41.3 Å². The van der Waals surface area contributed by atoms with E-state index in [0.29, 0.717) is 44.5 Å². The van der Waals surface area contributed by atoms with E-state index in [1.165, 1.54) is 16.7 Å². The topological polar surface area (TPSA) is 82.8 Å². The lowest BCUT2D eigenvalue weighted by Crippen LogP contribution is -2.37. The largest absolute Gasteiger partial charge is 0.444 e. The van der Waals surface area contributed by atoms with Crippen LogP contribution < -0.4 is 10.6 Å². The molecule has 1 aromatic heterocycles. The lowest BCUT2D eigenvalue weighted by atomic mass is 10.1. The van der Waals surface area contributed by atoms with E-state index < -0.39 is 0 Å². The molecule has 0 fully saturated rings. The number of benzene rings is 2. The molecular formula is C25H29N5O2. The number of aromatic nitrogens is 1. The fourth-order valence-corrected chi connectivity index (χ4v) is 3.73. The van der Waals surface area contributed by atoms with Crippen molar-refractivity contribution in [3.63, 3.8) is 0 Å². The normalized spacial score (nSPS) is 13.2. The lowest BCUT2D eigenvalue weighted by Gasteiger charge is -2.16. The monoisotopic (exact) mass is 431 g/mol. The smallest absolute Gasteiger partial charge is 0.226 e. The molecule has 7 nitrogen and oxygen atoms in total. The summed E-state index contributed by atoms with van der Waals surface area (Å²) in [6.45, 7) is 4.65. The second-order valence-corrected chi connectivity index (χ2v) is 7.98. The molecule has 1 aliphatic heterocycles. The van der Waals surface area contributed by atoms with Gasteiger partial charge in [0.25, 0.3) is 0 Å². The van der Waals surface area contributed by atoms with Crippen LogP contribution in [-0.2, 0) is 24.4 Å². The highest BCUT2D eigenvalue weighted by molar-refractivity contribution is 5.80. The first-order valence-electron chi connectivity index (χ1n) is 10.9. The van der Waals surface area contributed by atoms with Crippen LogP contribution in [0, 0.1) is 6.92 Å². The molecule has 7 heteroatoms. The Morgan fingerprint density at radius 3 is 2.50 bits per heavy atom. The summed E-state index contributed by atoms with van der Waals surface area (Å²) in [6.07, 6.45) is 2.91. The van der Waals surface area contributed by atoms with Gasteiger partial charge in [-0.3, -0.25) is 9.79 Å². The Balaban J connectivity index is 1.17. The summed E-state index contributed by atoms with van der Waals surface area (Å²) >= 11 is 0. The average molecular weight is 432 g/mol. The van der Waals surface area contributed by atoms with Gasteiger partial charge in [-0.05, 0) is 36.6 Å². The van der Waals surface area contributed by atoms with Gasteiger partial charge in [0, 0.05) is 38.7 Å².